The van der Waals surface area contributed by atoms with Crippen molar-refractivity contribution >= 4 is 5.97 Å². The van der Waals surface area contributed by atoms with Crippen LogP contribution in [0.2, 0.25) is 0 Å². The number of hydrogen-bond acceptors (Lipinski definition) is 3. The van der Waals surface area contributed by atoms with Gasteiger partial charge in [-0.25, -0.2) is 4.79 Å². The number of rotatable bonds is 3. The van der Waals surface area contributed by atoms with Crippen molar-refractivity contribution in [3.8, 4) is 5.75 Å². The fourth-order valence-electron chi connectivity index (χ4n) is 1.93. The van der Waals surface area contributed by atoms with Crippen LogP contribution in [0.1, 0.15) is 40.4 Å². The second-order valence-corrected chi connectivity index (χ2v) is 4.36. The zero-order valence-electron chi connectivity index (χ0n) is 9.10. The second kappa shape index (κ2) is 3.79. The molecule has 1 aliphatic rings. The maximum absolute atomic E-state index is 11.1. The summed E-state index contributed by atoms with van der Waals surface area (Å²) in [5.74, 6) is -0.702. The Morgan fingerprint density at radius 1 is 1.50 bits per heavy atom. The normalized spacial score (nSPS) is 17.1. The summed E-state index contributed by atoms with van der Waals surface area (Å²) >= 11 is 0. The molecule has 0 radical (unpaired) electrons. The summed E-state index contributed by atoms with van der Waals surface area (Å²) in [6, 6.07) is 2.74. The van der Waals surface area contributed by atoms with E-state index >= 15 is 0 Å². The summed E-state index contributed by atoms with van der Waals surface area (Å²) in [7, 11) is 0. The molecule has 4 N–H and O–H groups in total. The smallest absolute Gasteiger partial charge is 0.336 e. The van der Waals surface area contributed by atoms with E-state index in [9.17, 15) is 9.90 Å². The lowest BCUT2D eigenvalue weighted by Gasteiger charge is -2.17. The van der Waals surface area contributed by atoms with E-state index in [2.05, 4.69) is 0 Å². The standard InChI is InChI=1S/C12H15NO3/c1-6-2-5-8(12(15)16)9(11(6)14)10(13)7-3-4-7/h2,5,7,10,14H,3-4,13H2,1H3,(H,15,16)/t10-/m0/s1. The predicted molar refractivity (Wildman–Crippen MR) is 59.5 cm³/mol. The van der Waals surface area contributed by atoms with Crippen LogP contribution in [0.5, 0.6) is 5.75 Å². The predicted octanol–water partition coefficient (Wildman–Crippen LogP) is 1.81. The van der Waals surface area contributed by atoms with Crippen LogP contribution in [0.15, 0.2) is 12.1 Å². The molecule has 4 heteroatoms. The Balaban J connectivity index is 2.53. The van der Waals surface area contributed by atoms with Gasteiger partial charge in [-0.15, -0.1) is 0 Å². The minimum Gasteiger partial charge on any atom is -0.507 e. The lowest BCUT2D eigenvalue weighted by Crippen LogP contribution is -2.17. The van der Waals surface area contributed by atoms with Crippen molar-refractivity contribution in [3.05, 3.63) is 28.8 Å². The molecule has 4 nitrogen and oxygen atoms in total. The Labute approximate surface area is 93.7 Å². The van der Waals surface area contributed by atoms with E-state index in [-0.39, 0.29) is 17.4 Å². The van der Waals surface area contributed by atoms with Gasteiger partial charge in [0.25, 0.3) is 0 Å². The maximum Gasteiger partial charge on any atom is 0.336 e. The van der Waals surface area contributed by atoms with Crippen LogP contribution in [0.4, 0.5) is 0 Å². The number of aromatic carboxylic acids is 1. The molecule has 2 rings (SSSR count). The molecule has 1 aliphatic carbocycles. The van der Waals surface area contributed by atoms with E-state index in [1.54, 1.807) is 13.0 Å². The van der Waals surface area contributed by atoms with Crippen molar-refractivity contribution in [2.75, 3.05) is 0 Å². The number of carboxylic acid groups (broad SMARTS) is 1. The Morgan fingerprint density at radius 3 is 2.62 bits per heavy atom. The Bertz CT molecular complexity index is 438. The van der Waals surface area contributed by atoms with E-state index in [1.165, 1.54) is 6.07 Å². The summed E-state index contributed by atoms with van der Waals surface area (Å²) < 4.78 is 0. The summed E-state index contributed by atoms with van der Waals surface area (Å²) in [6.45, 7) is 1.74. The summed E-state index contributed by atoms with van der Waals surface area (Å²) in [5.41, 5.74) is 7.15. The third-order valence-electron chi connectivity index (χ3n) is 3.11. The van der Waals surface area contributed by atoms with Gasteiger partial charge in [0.15, 0.2) is 0 Å². The zero-order chi connectivity index (χ0) is 11.9. The highest BCUT2D eigenvalue weighted by Crippen LogP contribution is 2.43. The van der Waals surface area contributed by atoms with Crippen LogP contribution in [-0.2, 0) is 0 Å². The van der Waals surface area contributed by atoms with Crippen LogP contribution < -0.4 is 5.73 Å². The number of aromatic hydroxyl groups is 1. The molecule has 0 aromatic heterocycles. The van der Waals surface area contributed by atoms with Crippen molar-refractivity contribution in [1.29, 1.82) is 0 Å². The number of carboxylic acids is 1. The number of phenols is 1. The van der Waals surface area contributed by atoms with E-state index in [0.717, 1.165) is 12.8 Å². The van der Waals surface area contributed by atoms with E-state index < -0.39 is 5.97 Å². The van der Waals surface area contributed by atoms with Gasteiger partial charge in [-0.05, 0) is 37.3 Å². The first-order valence-corrected chi connectivity index (χ1v) is 5.33. The van der Waals surface area contributed by atoms with Crippen LogP contribution >= 0.6 is 0 Å². The summed E-state index contributed by atoms with van der Waals surface area (Å²) in [6.07, 6.45) is 2.02. The zero-order valence-corrected chi connectivity index (χ0v) is 9.10. The SMILES string of the molecule is Cc1ccc(C(=O)O)c([C@@H](N)C2CC2)c1O. The highest BCUT2D eigenvalue weighted by atomic mass is 16.4. The molecule has 1 fully saturated rings. The molecule has 0 spiro atoms. The van der Waals surface area contributed by atoms with Crippen molar-refractivity contribution in [1.82, 2.24) is 0 Å². The Kier molecular flexibility index (Phi) is 2.59. The number of aryl methyl sites for hydroxylation is 1. The van der Waals surface area contributed by atoms with Gasteiger partial charge in [0.1, 0.15) is 5.75 Å². The molecule has 0 heterocycles. The minimum absolute atomic E-state index is 0.0271. The second-order valence-electron chi connectivity index (χ2n) is 4.36. The first-order valence-electron chi connectivity index (χ1n) is 5.33. The highest BCUT2D eigenvalue weighted by Gasteiger charge is 2.33. The molecule has 0 amide bonds. The highest BCUT2D eigenvalue weighted by molar-refractivity contribution is 5.90. The number of carbonyl (C=O) groups is 1. The summed E-state index contributed by atoms with van der Waals surface area (Å²) in [5, 5.41) is 19.0. The van der Waals surface area contributed by atoms with E-state index in [4.69, 9.17) is 10.8 Å². The molecular formula is C12H15NO3. The first-order chi connectivity index (χ1) is 7.52. The topological polar surface area (TPSA) is 83.5 Å². The Hall–Kier alpha value is -1.55. The molecule has 0 unspecified atom stereocenters. The molecule has 1 aromatic rings. The van der Waals surface area contributed by atoms with E-state index in [0.29, 0.717) is 17.0 Å². The number of hydrogen-bond donors (Lipinski definition) is 3. The lowest BCUT2D eigenvalue weighted by atomic mass is 9.94. The molecular weight excluding hydrogens is 206 g/mol. The molecule has 1 saturated carbocycles. The molecule has 0 saturated heterocycles. The van der Waals surface area contributed by atoms with Crippen LogP contribution in [0.25, 0.3) is 0 Å². The van der Waals surface area contributed by atoms with Crippen molar-refractivity contribution in [3.63, 3.8) is 0 Å². The number of nitrogens with two attached hydrogens (primary N) is 1. The van der Waals surface area contributed by atoms with Gasteiger partial charge in [-0.1, -0.05) is 6.07 Å². The third-order valence-corrected chi connectivity index (χ3v) is 3.11. The maximum atomic E-state index is 11.1. The molecule has 86 valence electrons. The van der Waals surface area contributed by atoms with Crippen molar-refractivity contribution in [2.24, 2.45) is 11.7 Å². The average molecular weight is 221 g/mol. The van der Waals surface area contributed by atoms with Crippen molar-refractivity contribution < 1.29 is 15.0 Å². The number of benzene rings is 1. The average Bonchev–Trinajstić information content (AvgIpc) is 3.04. The van der Waals surface area contributed by atoms with Crippen LogP contribution in [0.3, 0.4) is 0 Å². The lowest BCUT2D eigenvalue weighted by molar-refractivity contribution is 0.0694. The minimum atomic E-state index is -1.04. The van der Waals surface area contributed by atoms with Gasteiger partial charge < -0.3 is 15.9 Å². The molecule has 1 atom stereocenters. The summed E-state index contributed by atoms with van der Waals surface area (Å²) in [4.78, 5) is 11.1. The largest absolute Gasteiger partial charge is 0.507 e. The van der Waals surface area contributed by atoms with Gasteiger partial charge in [-0.3, -0.25) is 0 Å². The van der Waals surface area contributed by atoms with Gasteiger partial charge in [0.05, 0.1) is 5.56 Å². The third kappa shape index (κ3) is 1.76. The van der Waals surface area contributed by atoms with Crippen LogP contribution in [-0.4, -0.2) is 16.2 Å². The first kappa shape index (κ1) is 11.0. The van der Waals surface area contributed by atoms with Gasteiger partial charge in [0, 0.05) is 11.6 Å². The van der Waals surface area contributed by atoms with E-state index in [1.807, 2.05) is 0 Å². The molecule has 0 aliphatic heterocycles. The molecule has 1 aromatic carbocycles. The fraction of sp³-hybridized carbons (Fsp3) is 0.417. The van der Waals surface area contributed by atoms with Crippen LogP contribution in [0, 0.1) is 12.8 Å². The van der Waals surface area contributed by atoms with Gasteiger partial charge >= 0.3 is 5.97 Å². The Morgan fingerprint density at radius 2 is 2.12 bits per heavy atom. The van der Waals surface area contributed by atoms with Gasteiger partial charge in [-0.2, -0.15) is 0 Å². The number of phenolic OH excluding ortho intramolecular Hbond substituents is 1. The quantitative estimate of drug-likeness (QED) is 0.726. The molecule has 0 bridgehead atoms. The van der Waals surface area contributed by atoms with Gasteiger partial charge in [0.2, 0.25) is 0 Å². The van der Waals surface area contributed by atoms with Crippen molar-refractivity contribution in [2.45, 2.75) is 25.8 Å². The monoisotopic (exact) mass is 221 g/mol. The fourth-order valence-corrected chi connectivity index (χ4v) is 1.93. The molecule has 16 heavy (non-hydrogen) atoms.